The third-order valence-corrected chi connectivity index (χ3v) is 6.28. The van der Waals surface area contributed by atoms with Crippen LogP contribution in [0.4, 0.5) is 5.69 Å². The molecular formula is C24H32ClN4OS+. The fourth-order valence-corrected chi connectivity index (χ4v) is 4.23. The Morgan fingerprint density at radius 2 is 1.97 bits per heavy atom. The summed E-state index contributed by atoms with van der Waals surface area (Å²) in [5.41, 5.74) is 3.19. The first-order valence-corrected chi connectivity index (χ1v) is 11.6. The van der Waals surface area contributed by atoms with Crippen molar-refractivity contribution in [3.63, 3.8) is 0 Å². The summed E-state index contributed by atoms with van der Waals surface area (Å²) in [6.45, 7) is 9.50. The molecule has 0 atom stereocenters. The van der Waals surface area contributed by atoms with Gasteiger partial charge in [0.15, 0.2) is 5.11 Å². The minimum atomic E-state index is 0.631. The SMILES string of the molecule is CC[NH+](CC)CCCN(Cc1c[nH]c2ccccc12)C(=S)Nc1ccc(Cl)cc1OC. The molecule has 2 aromatic carbocycles. The maximum Gasteiger partial charge on any atom is 0.173 e. The molecule has 0 spiro atoms. The second-order valence-corrected chi connectivity index (χ2v) is 8.44. The highest BCUT2D eigenvalue weighted by molar-refractivity contribution is 7.80. The number of H-pyrrole nitrogens is 1. The predicted molar refractivity (Wildman–Crippen MR) is 134 cm³/mol. The van der Waals surface area contributed by atoms with Crippen LogP contribution >= 0.6 is 23.8 Å². The number of anilines is 1. The van der Waals surface area contributed by atoms with E-state index >= 15 is 0 Å². The van der Waals surface area contributed by atoms with Gasteiger partial charge < -0.3 is 24.8 Å². The fourth-order valence-electron chi connectivity index (χ4n) is 3.81. The normalized spacial score (nSPS) is 11.1. The van der Waals surface area contributed by atoms with Crippen molar-refractivity contribution in [1.82, 2.24) is 9.88 Å². The van der Waals surface area contributed by atoms with Gasteiger partial charge in [-0.15, -0.1) is 0 Å². The van der Waals surface area contributed by atoms with Crippen molar-refractivity contribution >= 4 is 45.5 Å². The second kappa shape index (κ2) is 11.4. The van der Waals surface area contributed by atoms with E-state index in [4.69, 9.17) is 28.6 Å². The van der Waals surface area contributed by atoms with Crippen LogP contribution in [-0.2, 0) is 6.54 Å². The quantitative estimate of drug-likeness (QED) is 0.394. The number of para-hydroxylation sites is 1. The smallest absolute Gasteiger partial charge is 0.173 e. The first kappa shape index (κ1) is 23.4. The molecule has 0 unspecified atom stereocenters. The van der Waals surface area contributed by atoms with Crippen LogP contribution in [0.1, 0.15) is 25.8 Å². The molecule has 1 heterocycles. The number of rotatable bonds is 10. The fraction of sp³-hybridized carbons (Fsp3) is 0.375. The first-order chi connectivity index (χ1) is 15.0. The summed E-state index contributed by atoms with van der Waals surface area (Å²) in [6.07, 6.45) is 3.15. The molecule has 1 aromatic heterocycles. The van der Waals surface area contributed by atoms with Crippen LogP contribution in [0.15, 0.2) is 48.7 Å². The summed E-state index contributed by atoms with van der Waals surface area (Å²) in [5.74, 6) is 0.675. The molecule has 3 rings (SSSR count). The summed E-state index contributed by atoms with van der Waals surface area (Å²) in [5, 5.41) is 5.91. The number of hydrogen-bond donors (Lipinski definition) is 3. The monoisotopic (exact) mass is 459 g/mol. The highest BCUT2D eigenvalue weighted by Gasteiger charge is 2.16. The van der Waals surface area contributed by atoms with Gasteiger partial charge in [-0.05, 0) is 49.8 Å². The topological polar surface area (TPSA) is 44.7 Å². The zero-order chi connectivity index (χ0) is 22.2. The number of methoxy groups -OCH3 is 1. The summed E-state index contributed by atoms with van der Waals surface area (Å²) in [7, 11) is 1.64. The molecule has 0 saturated heterocycles. The Labute approximate surface area is 195 Å². The lowest BCUT2D eigenvalue weighted by Crippen LogP contribution is -3.11. The number of fused-ring (bicyclic) bond motifs is 1. The van der Waals surface area contributed by atoms with Gasteiger partial charge in [0, 0.05) is 47.7 Å². The molecule has 0 aliphatic carbocycles. The van der Waals surface area contributed by atoms with E-state index in [2.05, 4.69) is 53.4 Å². The van der Waals surface area contributed by atoms with Gasteiger partial charge in [-0.3, -0.25) is 0 Å². The largest absolute Gasteiger partial charge is 0.495 e. The maximum atomic E-state index is 6.11. The summed E-state index contributed by atoms with van der Waals surface area (Å²) >= 11 is 12.0. The van der Waals surface area contributed by atoms with E-state index < -0.39 is 0 Å². The van der Waals surface area contributed by atoms with Gasteiger partial charge in [-0.2, -0.15) is 0 Å². The van der Waals surface area contributed by atoms with Crippen molar-refractivity contribution in [1.29, 1.82) is 0 Å². The number of thiocarbonyl (C=S) groups is 1. The third-order valence-electron chi connectivity index (χ3n) is 5.69. The van der Waals surface area contributed by atoms with Crippen molar-refractivity contribution in [3.05, 3.63) is 59.2 Å². The Hall–Kier alpha value is -2.28. The van der Waals surface area contributed by atoms with Crippen LogP contribution < -0.4 is 15.0 Å². The molecule has 0 saturated carbocycles. The lowest BCUT2D eigenvalue weighted by molar-refractivity contribution is -0.896. The number of hydrogen-bond acceptors (Lipinski definition) is 2. The molecule has 0 fully saturated rings. The summed E-state index contributed by atoms with van der Waals surface area (Å²) in [6, 6.07) is 13.9. The predicted octanol–water partition coefficient (Wildman–Crippen LogP) is 4.34. The molecule has 5 nitrogen and oxygen atoms in total. The Morgan fingerprint density at radius 1 is 1.19 bits per heavy atom. The molecule has 0 radical (unpaired) electrons. The zero-order valence-corrected chi connectivity index (χ0v) is 20.1. The van der Waals surface area contributed by atoms with Crippen LogP contribution in [-0.4, -0.2) is 48.3 Å². The van der Waals surface area contributed by atoms with Crippen LogP contribution in [0, 0.1) is 0 Å². The van der Waals surface area contributed by atoms with Gasteiger partial charge in [-0.1, -0.05) is 29.8 Å². The highest BCUT2D eigenvalue weighted by atomic mass is 35.5. The molecule has 31 heavy (non-hydrogen) atoms. The van der Waals surface area contributed by atoms with E-state index in [1.165, 1.54) is 10.9 Å². The zero-order valence-electron chi connectivity index (χ0n) is 18.5. The average Bonchev–Trinajstić information content (AvgIpc) is 3.20. The van der Waals surface area contributed by atoms with Crippen LogP contribution in [0.3, 0.4) is 0 Å². The Kier molecular flexibility index (Phi) is 8.58. The third kappa shape index (κ3) is 6.12. The van der Waals surface area contributed by atoms with Crippen LogP contribution in [0.25, 0.3) is 10.9 Å². The number of quaternary nitrogens is 1. The van der Waals surface area contributed by atoms with Gasteiger partial charge in [0.2, 0.25) is 0 Å². The Bertz CT molecular complexity index is 1000. The molecule has 0 bridgehead atoms. The average molecular weight is 460 g/mol. The number of nitrogens with zero attached hydrogens (tertiary/aromatic N) is 1. The van der Waals surface area contributed by atoms with Crippen molar-refractivity contribution in [2.45, 2.75) is 26.8 Å². The minimum Gasteiger partial charge on any atom is -0.495 e. The molecule has 3 N–H and O–H groups in total. The number of aromatic amines is 1. The Morgan fingerprint density at radius 3 is 2.71 bits per heavy atom. The maximum absolute atomic E-state index is 6.11. The van der Waals surface area contributed by atoms with Crippen molar-refractivity contribution in [2.24, 2.45) is 0 Å². The van der Waals surface area contributed by atoms with Crippen LogP contribution in [0.2, 0.25) is 5.02 Å². The Balaban J connectivity index is 1.78. The van der Waals surface area contributed by atoms with Gasteiger partial charge >= 0.3 is 0 Å². The summed E-state index contributed by atoms with van der Waals surface area (Å²) in [4.78, 5) is 7.21. The van der Waals surface area contributed by atoms with Crippen molar-refractivity contribution in [3.8, 4) is 5.75 Å². The molecule has 7 heteroatoms. The van der Waals surface area contributed by atoms with Gasteiger partial charge in [-0.25, -0.2) is 0 Å². The van der Waals surface area contributed by atoms with Gasteiger partial charge in [0.25, 0.3) is 0 Å². The number of aromatic nitrogens is 1. The van der Waals surface area contributed by atoms with E-state index in [-0.39, 0.29) is 0 Å². The minimum absolute atomic E-state index is 0.631. The summed E-state index contributed by atoms with van der Waals surface area (Å²) < 4.78 is 5.48. The molecule has 166 valence electrons. The van der Waals surface area contributed by atoms with Gasteiger partial charge in [0.1, 0.15) is 5.75 Å². The first-order valence-electron chi connectivity index (χ1n) is 10.8. The van der Waals surface area contributed by atoms with E-state index in [0.29, 0.717) is 15.9 Å². The molecular weight excluding hydrogens is 428 g/mol. The van der Waals surface area contributed by atoms with E-state index in [9.17, 15) is 0 Å². The van der Waals surface area contributed by atoms with E-state index in [1.807, 2.05) is 18.2 Å². The molecule has 0 aliphatic heterocycles. The van der Waals surface area contributed by atoms with E-state index in [1.54, 1.807) is 18.1 Å². The molecule has 0 amide bonds. The standard InChI is InChI=1S/C24H31ClN4OS/c1-4-28(5-2)13-8-14-29(17-18-16-26-21-10-7-6-9-20(18)21)24(31)27-22-12-11-19(25)15-23(22)30-3/h6-7,9-12,15-16,26H,4-5,8,13-14,17H2,1-3H3,(H,27,31)/p+1. The van der Waals surface area contributed by atoms with E-state index in [0.717, 1.165) is 50.3 Å². The second-order valence-electron chi connectivity index (χ2n) is 7.62. The lowest BCUT2D eigenvalue weighted by Gasteiger charge is -2.27. The van der Waals surface area contributed by atoms with Crippen molar-refractivity contribution < 1.29 is 9.64 Å². The van der Waals surface area contributed by atoms with Crippen molar-refractivity contribution in [2.75, 3.05) is 38.6 Å². The van der Waals surface area contributed by atoms with Gasteiger partial charge in [0.05, 0.1) is 32.4 Å². The number of ether oxygens (including phenoxy) is 1. The number of halogens is 1. The number of benzene rings is 2. The highest BCUT2D eigenvalue weighted by Crippen LogP contribution is 2.28. The lowest BCUT2D eigenvalue weighted by atomic mass is 10.1. The van der Waals surface area contributed by atoms with Crippen LogP contribution in [0.5, 0.6) is 5.75 Å². The molecule has 0 aliphatic rings. The molecule has 3 aromatic rings. The number of nitrogens with one attached hydrogen (secondary N) is 3.